The van der Waals surface area contributed by atoms with E-state index in [4.69, 9.17) is 10.5 Å². The van der Waals surface area contributed by atoms with Crippen molar-refractivity contribution >= 4 is 23.3 Å². The zero-order chi connectivity index (χ0) is 18.2. The van der Waals surface area contributed by atoms with E-state index in [1.54, 1.807) is 31.4 Å². The van der Waals surface area contributed by atoms with Crippen LogP contribution in [0.3, 0.4) is 0 Å². The summed E-state index contributed by atoms with van der Waals surface area (Å²) >= 11 is 0. The van der Waals surface area contributed by atoms with E-state index >= 15 is 0 Å². The van der Waals surface area contributed by atoms with Gasteiger partial charge in [-0.25, -0.2) is 4.79 Å². The first kappa shape index (κ1) is 18.3. The summed E-state index contributed by atoms with van der Waals surface area (Å²) in [7, 11) is 1.65. The summed E-state index contributed by atoms with van der Waals surface area (Å²) in [5, 5.41) is 5.32. The van der Waals surface area contributed by atoms with E-state index in [1.807, 2.05) is 31.2 Å². The number of hydrogen-bond donors (Lipinski definition) is 3. The van der Waals surface area contributed by atoms with Crippen molar-refractivity contribution in [2.45, 2.75) is 19.8 Å². The molecule has 2 aromatic carbocycles. The molecule has 6 heteroatoms. The fourth-order valence-corrected chi connectivity index (χ4v) is 2.63. The minimum absolute atomic E-state index is 0.0574. The smallest absolute Gasteiger partial charge is 0.316 e. The number of benzene rings is 2. The molecule has 132 valence electrons. The lowest BCUT2D eigenvalue weighted by molar-refractivity contribution is -0.116. The minimum Gasteiger partial charge on any atom is -0.496 e. The monoisotopic (exact) mass is 341 g/mol. The van der Waals surface area contributed by atoms with Gasteiger partial charge in [0.2, 0.25) is 5.91 Å². The zero-order valence-electron chi connectivity index (χ0n) is 14.4. The Labute approximate surface area is 147 Å². The van der Waals surface area contributed by atoms with Gasteiger partial charge in [0.05, 0.1) is 7.11 Å². The minimum atomic E-state index is -0.623. The number of carbonyl (C=O) groups excluding carboxylic acids is 2. The maximum atomic E-state index is 12.2. The van der Waals surface area contributed by atoms with Crippen molar-refractivity contribution in [3.63, 3.8) is 0 Å². The quantitative estimate of drug-likeness (QED) is 0.720. The molecule has 0 saturated carbocycles. The summed E-state index contributed by atoms with van der Waals surface area (Å²) in [5.41, 5.74) is 7.39. The predicted molar refractivity (Wildman–Crippen MR) is 98.8 cm³/mol. The van der Waals surface area contributed by atoms with Gasteiger partial charge in [-0.3, -0.25) is 4.79 Å². The molecule has 0 radical (unpaired) electrons. The fourth-order valence-electron chi connectivity index (χ4n) is 2.63. The molecule has 1 atom stereocenters. The molecule has 0 saturated heterocycles. The third-order valence-corrected chi connectivity index (χ3v) is 3.73. The number of nitrogens with one attached hydrogen (secondary N) is 2. The summed E-state index contributed by atoms with van der Waals surface area (Å²) in [6.45, 7) is 2.03. The van der Waals surface area contributed by atoms with Gasteiger partial charge in [-0.05, 0) is 48.2 Å². The van der Waals surface area contributed by atoms with Crippen LogP contribution in [-0.4, -0.2) is 19.0 Å². The van der Waals surface area contributed by atoms with Crippen molar-refractivity contribution < 1.29 is 14.3 Å². The summed E-state index contributed by atoms with van der Waals surface area (Å²) in [5.74, 6) is 0.956. The van der Waals surface area contributed by atoms with Crippen LogP contribution in [0.4, 0.5) is 16.2 Å². The highest BCUT2D eigenvalue weighted by atomic mass is 16.5. The van der Waals surface area contributed by atoms with Crippen molar-refractivity contribution in [1.29, 1.82) is 0 Å². The molecule has 0 heterocycles. The van der Waals surface area contributed by atoms with Gasteiger partial charge in [-0.2, -0.15) is 0 Å². The number of anilines is 2. The number of carbonyl (C=O) groups is 2. The molecule has 0 fully saturated rings. The van der Waals surface area contributed by atoms with Gasteiger partial charge >= 0.3 is 6.03 Å². The molecule has 2 aromatic rings. The molecule has 0 aromatic heterocycles. The lowest BCUT2D eigenvalue weighted by Gasteiger charge is -2.14. The van der Waals surface area contributed by atoms with Crippen molar-refractivity contribution in [2.75, 3.05) is 17.7 Å². The molecule has 25 heavy (non-hydrogen) atoms. The topological polar surface area (TPSA) is 93.4 Å². The lowest BCUT2D eigenvalue weighted by atomic mass is 9.97. The molecule has 0 aliphatic rings. The Morgan fingerprint density at radius 2 is 1.64 bits per heavy atom. The van der Waals surface area contributed by atoms with E-state index in [2.05, 4.69) is 10.6 Å². The third-order valence-electron chi connectivity index (χ3n) is 3.73. The molecule has 0 aliphatic heterocycles. The van der Waals surface area contributed by atoms with Crippen molar-refractivity contribution in [3.8, 4) is 5.75 Å². The van der Waals surface area contributed by atoms with Crippen LogP contribution < -0.4 is 21.1 Å². The second kappa shape index (κ2) is 8.73. The Bertz CT molecular complexity index is 729. The second-order valence-electron chi connectivity index (χ2n) is 5.94. The average Bonchev–Trinajstić information content (AvgIpc) is 2.56. The molecule has 6 nitrogen and oxygen atoms in total. The van der Waals surface area contributed by atoms with Crippen LogP contribution in [0.1, 0.15) is 18.9 Å². The maximum absolute atomic E-state index is 12.2. The summed E-state index contributed by atoms with van der Waals surface area (Å²) < 4.78 is 5.35. The number of methoxy groups -OCH3 is 1. The van der Waals surface area contributed by atoms with Gasteiger partial charge < -0.3 is 21.1 Å². The Balaban J connectivity index is 1.87. The standard InChI is InChI=1S/C19H23N3O3/c1-13(11-14-5-3-4-6-17(14)25-2)12-18(23)21-15-7-9-16(10-8-15)22-19(20)24/h3-10,13H,11-12H2,1-2H3,(H,21,23)(H3,20,22,24)/t13-/m1/s1. The zero-order valence-corrected chi connectivity index (χ0v) is 14.4. The summed E-state index contributed by atoms with van der Waals surface area (Å²) in [6.07, 6.45) is 1.16. The molecular formula is C19H23N3O3. The number of para-hydroxylation sites is 1. The highest BCUT2D eigenvalue weighted by Gasteiger charge is 2.12. The molecule has 3 amide bonds. The molecule has 0 spiro atoms. The van der Waals surface area contributed by atoms with Gasteiger partial charge in [0.15, 0.2) is 0 Å². The van der Waals surface area contributed by atoms with Crippen LogP contribution in [0.15, 0.2) is 48.5 Å². The van der Waals surface area contributed by atoms with Gasteiger partial charge in [0.1, 0.15) is 5.75 Å². The highest BCUT2D eigenvalue weighted by Crippen LogP contribution is 2.22. The van der Waals surface area contributed by atoms with Crippen molar-refractivity contribution in [1.82, 2.24) is 0 Å². The van der Waals surface area contributed by atoms with Gasteiger partial charge in [0.25, 0.3) is 0 Å². The number of urea groups is 1. The normalized spacial score (nSPS) is 11.4. The lowest BCUT2D eigenvalue weighted by Crippen LogP contribution is -2.19. The molecule has 0 unspecified atom stereocenters. The Hall–Kier alpha value is -3.02. The first-order chi connectivity index (χ1) is 12.0. The number of nitrogens with two attached hydrogens (primary N) is 1. The summed E-state index contributed by atoms with van der Waals surface area (Å²) in [4.78, 5) is 23.0. The van der Waals surface area contributed by atoms with E-state index in [0.29, 0.717) is 17.8 Å². The number of primary amides is 1. The summed E-state index contributed by atoms with van der Waals surface area (Å²) in [6, 6.07) is 14.0. The highest BCUT2D eigenvalue weighted by molar-refractivity contribution is 5.92. The number of hydrogen-bond acceptors (Lipinski definition) is 3. The van der Waals surface area contributed by atoms with Crippen LogP contribution in [0, 0.1) is 5.92 Å². The van der Waals surface area contributed by atoms with E-state index in [-0.39, 0.29) is 11.8 Å². The molecular weight excluding hydrogens is 318 g/mol. The van der Waals surface area contributed by atoms with Gasteiger partial charge in [0, 0.05) is 17.8 Å². The largest absolute Gasteiger partial charge is 0.496 e. The molecule has 2 rings (SSSR count). The molecule has 4 N–H and O–H groups in total. The van der Waals surface area contributed by atoms with Gasteiger partial charge in [-0.1, -0.05) is 25.1 Å². The first-order valence-electron chi connectivity index (χ1n) is 8.06. The fraction of sp³-hybridized carbons (Fsp3) is 0.263. The third kappa shape index (κ3) is 5.84. The van der Waals surface area contributed by atoms with Crippen LogP contribution in [0.25, 0.3) is 0 Å². The van der Waals surface area contributed by atoms with Crippen LogP contribution in [-0.2, 0) is 11.2 Å². The Morgan fingerprint density at radius 3 is 2.24 bits per heavy atom. The van der Waals surface area contributed by atoms with E-state index in [9.17, 15) is 9.59 Å². The Kier molecular flexibility index (Phi) is 6.39. The van der Waals surface area contributed by atoms with Gasteiger partial charge in [-0.15, -0.1) is 0 Å². The first-order valence-corrected chi connectivity index (χ1v) is 8.06. The van der Waals surface area contributed by atoms with E-state index in [0.717, 1.165) is 17.7 Å². The van der Waals surface area contributed by atoms with Crippen LogP contribution in [0.2, 0.25) is 0 Å². The number of amides is 3. The average molecular weight is 341 g/mol. The molecule has 0 bridgehead atoms. The predicted octanol–water partition coefficient (Wildman–Crippen LogP) is 3.39. The van der Waals surface area contributed by atoms with Crippen LogP contribution in [0.5, 0.6) is 5.75 Å². The maximum Gasteiger partial charge on any atom is 0.316 e. The SMILES string of the molecule is COc1ccccc1C[C@@H](C)CC(=O)Nc1ccc(NC(N)=O)cc1. The molecule has 0 aliphatic carbocycles. The van der Waals surface area contributed by atoms with Crippen molar-refractivity contribution in [2.24, 2.45) is 11.7 Å². The van der Waals surface area contributed by atoms with E-state index < -0.39 is 6.03 Å². The number of rotatable bonds is 7. The second-order valence-corrected chi connectivity index (χ2v) is 5.94. The van der Waals surface area contributed by atoms with Crippen molar-refractivity contribution in [3.05, 3.63) is 54.1 Å². The Morgan fingerprint density at radius 1 is 1.04 bits per heavy atom. The van der Waals surface area contributed by atoms with Crippen LogP contribution >= 0.6 is 0 Å². The number of ether oxygens (including phenoxy) is 1. The van der Waals surface area contributed by atoms with E-state index in [1.165, 1.54) is 0 Å².